The predicted molar refractivity (Wildman–Crippen MR) is 57.7 cm³/mol. The fraction of sp³-hybridized carbons (Fsp3) is 0.200. The van der Waals surface area contributed by atoms with Gasteiger partial charge >= 0.3 is 0 Å². The minimum atomic E-state index is -0.157. The Labute approximate surface area is 92.1 Å². The van der Waals surface area contributed by atoms with Crippen LogP contribution in [-0.2, 0) is 11.2 Å². The number of nitrogens with zero attached hydrogens (tertiary/aromatic N) is 3. The van der Waals surface area contributed by atoms with Gasteiger partial charge in [-0.2, -0.15) is 5.21 Å². The molecule has 2 N–H and O–H groups in total. The molecular weight excluding hydrogens is 206 g/mol. The molecule has 1 aromatic carbocycles. The van der Waals surface area contributed by atoms with Crippen molar-refractivity contribution in [3.05, 3.63) is 35.7 Å². The fourth-order valence-electron chi connectivity index (χ4n) is 1.31. The molecule has 0 unspecified atom stereocenters. The van der Waals surface area contributed by atoms with E-state index in [1.165, 1.54) is 0 Å². The van der Waals surface area contributed by atoms with Crippen molar-refractivity contribution < 1.29 is 4.79 Å². The van der Waals surface area contributed by atoms with E-state index in [0.29, 0.717) is 5.82 Å². The summed E-state index contributed by atoms with van der Waals surface area (Å²) in [4.78, 5) is 11.6. The molecule has 6 heteroatoms. The summed E-state index contributed by atoms with van der Waals surface area (Å²) in [7, 11) is 0. The third-order valence-corrected chi connectivity index (χ3v) is 2.13. The van der Waals surface area contributed by atoms with E-state index in [-0.39, 0.29) is 12.3 Å². The first-order chi connectivity index (χ1) is 7.75. The molecule has 2 aromatic rings. The molecule has 0 aliphatic rings. The molecular formula is C10H11N5O. The average molecular weight is 217 g/mol. The van der Waals surface area contributed by atoms with Gasteiger partial charge < -0.3 is 5.32 Å². The number of anilines is 1. The van der Waals surface area contributed by atoms with Gasteiger partial charge in [-0.3, -0.25) is 4.79 Å². The minimum Gasteiger partial charge on any atom is -0.325 e. The van der Waals surface area contributed by atoms with E-state index in [4.69, 9.17) is 0 Å². The Hall–Kier alpha value is -2.24. The molecule has 0 aliphatic carbocycles. The number of aromatic amines is 1. The molecule has 1 aromatic heterocycles. The molecule has 0 atom stereocenters. The molecule has 1 amide bonds. The number of benzene rings is 1. The third kappa shape index (κ3) is 2.41. The summed E-state index contributed by atoms with van der Waals surface area (Å²) in [5.41, 5.74) is 1.82. The van der Waals surface area contributed by atoms with Gasteiger partial charge in [0.1, 0.15) is 0 Å². The summed E-state index contributed by atoms with van der Waals surface area (Å²) in [5.74, 6) is 0.224. The lowest BCUT2D eigenvalue weighted by Crippen LogP contribution is -2.15. The lowest BCUT2D eigenvalue weighted by Gasteiger charge is -2.06. The summed E-state index contributed by atoms with van der Waals surface area (Å²) >= 11 is 0. The van der Waals surface area contributed by atoms with E-state index in [1.807, 2.05) is 31.2 Å². The van der Waals surface area contributed by atoms with Crippen LogP contribution in [0.4, 0.5) is 5.69 Å². The molecule has 0 saturated heterocycles. The van der Waals surface area contributed by atoms with Crippen LogP contribution < -0.4 is 5.32 Å². The number of H-pyrrole nitrogens is 1. The van der Waals surface area contributed by atoms with Crippen molar-refractivity contribution in [3.8, 4) is 0 Å². The van der Waals surface area contributed by atoms with Crippen LogP contribution in [0.25, 0.3) is 0 Å². The molecule has 0 radical (unpaired) electrons. The van der Waals surface area contributed by atoms with Gasteiger partial charge in [-0.1, -0.05) is 23.4 Å². The highest BCUT2D eigenvalue weighted by atomic mass is 16.1. The number of carbonyl (C=O) groups excluding carboxylic acids is 1. The lowest BCUT2D eigenvalue weighted by atomic mass is 10.2. The summed E-state index contributed by atoms with van der Waals surface area (Å²) in [6.45, 7) is 1.93. The minimum absolute atomic E-state index is 0.116. The van der Waals surface area contributed by atoms with Crippen molar-refractivity contribution in [1.82, 2.24) is 20.6 Å². The number of aromatic nitrogens is 4. The van der Waals surface area contributed by atoms with Crippen LogP contribution in [0.1, 0.15) is 11.4 Å². The van der Waals surface area contributed by atoms with E-state index in [1.54, 1.807) is 0 Å². The second kappa shape index (κ2) is 4.52. The smallest absolute Gasteiger partial charge is 0.232 e. The van der Waals surface area contributed by atoms with Crippen molar-refractivity contribution >= 4 is 11.6 Å². The zero-order chi connectivity index (χ0) is 11.4. The Morgan fingerprint density at radius 2 is 2.25 bits per heavy atom. The summed E-state index contributed by atoms with van der Waals surface area (Å²) < 4.78 is 0. The monoisotopic (exact) mass is 217 g/mol. The van der Waals surface area contributed by atoms with Crippen LogP contribution in [0.2, 0.25) is 0 Å². The number of rotatable bonds is 3. The van der Waals surface area contributed by atoms with E-state index >= 15 is 0 Å². The maximum absolute atomic E-state index is 11.6. The Morgan fingerprint density at radius 3 is 2.94 bits per heavy atom. The summed E-state index contributed by atoms with van der Waals surface area (Å²) in [6.07, 6.45) is 0.116. The van der Waals surface area contributed by atoms with Gasteiger partial charge in [-0.15, -0.1) is 10.2 Å². The molecule has 6 nitrogen and oxygen atoms in total. The molecule has 2 rings (SSSR count). The van der Waals surface area contributed by atoms with Gasteiger partial charge in [0, 0.05) is 5.69 Å². The van der Waals surface area contributed by atoms with E-state index in [2.05, 4.69) is 25.9 Å². The zero-order valence-corrected chi connectivity index (χ0v) is 8.77. The zero-order valence-electron chi connectivity index (χ0n) is 8.77. The van der Waals surface area contributed by atoms with Gasteiger partial charge in [0.15, 0.2) is 5.82 Å². The molecule has 1 heterocycles. The topological polar surface area (TPSA) is 83.6 Å². The number of para-hydroxylation sites is 1. The molecule has 0 aliphatic heterocycles. The van der Waals surface area contributed by atoms with E-state index in [9.17, 15) is 4.79 Å². The van der Waals surface area contributed by atoms with Gasteiger partial charge in [0.05, 0.1) is 6.42 Å². The standard InChI is InChI=1S/C10H11N5O/c1-7-4-2-3-5-8(7)11-10(16)6-9-12-14-15-13-9/h2-5H,6H2,1H3,(H,11,16)(H,12,13,14,15). The van der Waals surface area contributed by atoms with Gasteiger partial charge in [0.2, 0.25) is 5.91 Å². The molecule has 16 heavy (non-hydrogen) atoms. The van der Waals surface area contributed by atoms with Crippen molar-refractivity contribution in [2.45, 2.75) is 13.3 Å². The first-order valence-electron chi connectivity index (χ1n) is 4.83. The van der Waals surface area contributed by atoms with E-state index < -0.39 is 0 Å². The third-order valence-electron chi connectivity index (χ3n) is 2.13. The Balaban J connectivity index is 2.00. The van der Waals surface area contributed by atoms with Crippen LogP contribution in [0, 0.1) is 6.92 Å². The first-order valence-corrected chi connectivity index (χ1v) is 4.83. The SMILES string of the molecule is Cc1ccccc1NC(=O)Cc1nn[nH]n1. The number of carbonyl (C=O) groups is 1. The summed E-state index contributed by atoms with van der Waals surface area (Å²) in [6, 6.07) is 7.58. The second-order valence-corrected chi connectivity index (χ2v) is 3.37. The van der Waals surface area contributed by atoms with Crippen molar-refractivity contribution in [2.75, 3.05) is 5.32 Å². The van der Waals surface area contributed by atoms with Crippen LogP contribution >= 0.6 is 0 Å². The predicted octanol–water partition coefficient (Wildman–Crippen LogP) is 0.689. The van der Waals surface area contributed by atoms with Gasteiger partial charge in [-0.25, -0.2) is 0 Å². The molecule has 0 fully saturated rings. The molecule has 0 bridgehead atoms. The molecule has 82 valence electrons. The largest absolute Gasteiger partial charge is 0.325 e. The van der Waals surface area contributed by atoms with Crippen LogP contribution in [0.5, 0.6) is 0 Å². The fourth-order valence-corrected chi connectivity index (χ4v) is 1.31. The second-order valence-electron chi connectivity index (χ2n) is 3.37. The number of nitrogens with one attached hydrogen (secondary N) is 2. The highest BCUT2D eigenvalue weighted by Crippen LogP contribution is 2.13. The quantitative estimate of drug-likeness (QED) is 0.792. The molecule has 0 saturated carbocycles. The Morgan fingerprint density at radius 1 is 1.44 bits per heavy atom. The van der Waals surface area contributed by atoms with Crippen molar-refractivity contribution in [2.24, 2.45) is 0 Å². The number of aryl methyl sites for hydroxylation is 1. The normalized spacial score (nSPS) is 10.1. The number of hydrogen-bond acceptors (Lipinski definition) is 4. The number of hydrogen-bond donors (Lipinski definition) is 2. The maximum Gasteiger partial charge on any atom is 0.232 e. The van der Waals surface area contributed by atoms with Gasteiger partial charge in [0.25, 0.3) is 0 Å². The van der Waals surface area contributed by atoms with Crippen LogP contribution in [0.15, 0.2) is 24.3 Å². The number of tetrazole rings is 1. The van der Waals surface area contributed by atoms with Crippen molar-refractivity contribution in [1.29, 1.82) is 0 Å². The Bertz CT molecular complexity index is 480. The van der Waals surface area contributed by atoms with Gasteiger partial charge in [-0.05, 0) is 18.6 Å². The number of amides is 1. The van der Waals surface area contributed by atoms with Crippen LogP contribution in [0.3, 0.4) is 0 Å². The average Bonchev–Trinajstić information content (AvgIpc) is 2.74. The summed E-state index contributed by atoms with van der Waals surface area (Å²) in [5, 5.41) is 15.9. The van der Waals surface area contributed by atoms with E-state index in [0.717, 1.165) is 11.3 Å². The lowest BCUT2D eigenvalue weighted by molar-refractivity contribution is -0.115. The molecule has 0 spiro atoms. The first kappa shape index (κ1) is 10.3. The van der Waals surface area contributed by atoms with Crippen LogP contribution in [-0.4, -0.2) is 26.5 Å². The highest BCUT2D eigenvalue weighted by molar-refractivity contribution is 5.92. The highest BCUT2D eigenvalue weighted by Gasteiger charge is 2.08. The maximum atomic E-state index is 11.6. The van der Waals surface area contributed by atoms with Crippen molar-refractivity contribution in [3.63, 3.8) is 0 Å². The Kier molecular flexibility index (Phi) is 2.90.